The van der Waals surface area contributed by atoms with E-state index in [9.17, 15) is 0 Å². The van der Waals surface area contributed by atoms with Gasteiger partial charge in [-0.25, -0.2) is 4.98 Å². The van der Waals surface area contributed by atoms with Crippen molar-refractivity contribution >= 4 is 5.82 Å². The quantitative estimate of drug-likeness (QED) is 0.803. The number of piperidine rings is 1. The molecule has 2 N–H and O–H groups in total. The third-order valence-corrected chi connectivity index (χ3v) is 5.51. The van der Waals surface area contributed by atoms with E-state index in [4.69, 9.17) is 10.3 Å². The third kappa shape index (κ3) is 4.82. The standard InChI is InChI=1S/C19H29N7O/c20-12-19-22-17(23-27-19)15-25-7-3-4-16(14-25)13-24-8-10-26(11-9-24)18-5-1-2-6-21-18/h1-2,5-6,16H,3-4,7-15,20H2. The van der Waals surface area contributed by atoms with Crippen LogP contribution in [0.1, 0.15) is 24.6 Å². The van der Waals surface area contributed by atoms with Gasteiger partial charge in [-0.3, -0.25) is 9.80 Å². The van der Waals surface area contributed by atoms with E-state index >= 15 is 0 Å². The van der Waals surface area contributed by atoms with Gasteiger partial charge >= 0.3 is 0 Å². The average Bonchev–Trinajstić information content (AvgIpc) is 3.17. The van der Waals surface area contributed by atoms with Gasteiger partial charge in [0.2, 0.25) is 5.89 Å². The summed E-state index contributed by atoms with van der Waals surface area (Å²) in [7, 11) is 0. The van der Waals surface area contributed by atoms with Crippen molar-refractivity contribution < 1.29 is 4.52 Å². The first-order chi connectivity index (χ1) is 13.3. The van der Waals surface area contributed by atoms with Crippen LogP contribution in [0.2, 0.25) is 0 Å². The summed E-state index contributed by atoms with van der Waals surface area (Å²) in [6, 6.07) is 6.13. The zero-order valence-corrected chi connectivity index (χ0v) is 15.8. The Bertz CT molecular complexity index is 699. The minimum atomic E-state index is 0.306. The fourth-order valence-corrected chi connectivity index (χ4v) is 4.15. The summed E-state index contributed by atoms with van der Waals surface area (Å²) >= 11 is 0. The van der Waals surface area contributed by atoms with Crippen molar-refractivity contribution in [3.8, 4) is 0 Å². The van der Waals surface area contributed by atoms with E-state index in [1.165, 1.54) is 19.4 Å². The summed E-state index contributed by atoms with van der Waals surface area (Å²) in [6.45, 7) is 8.77. The molecule has 146 valence electrons. The van der Waals surface area contributed by atoms with Crippen LogP contribution in [0.4, 0.5) is 5.82 Å². The van der Waals surface area contributed by atoms with Gasteiger partial charge in [0.15, 0.2) is 5.82 Å². The lowest BCUT2D eigenvalue weighted by atomic mass is 9.97. The monoisotopic (exact) mass is 371 g/mol. The first kappa shape index (κ1) is 18.3. The first-order valence-electron chi connectivity index (χ1n) is 9.92. The number of nitrogens with zero attached hydrogens (tertiary/aromatic N) is 6. The van der Waals surface area contributed by atoms with Crippen molar-refractivity contribution in [2.45, 2.75) is 25.9 Å². The molecule has 8 heteroatoms. The van der Waals surface area contributed by atoms with Crippen LogP contribution in [-0.2, 0) is 13.1 Å². The number of pyridine rings is 1. The largest absolute Gasteiger partial charge is 0.354 e. The highest BCUT2D eigenvalue weighted by Gasteiger charge is 2.25. The Balaban J connectivity index is 1.24. The second kappa shape index (κ2) is 8.77. The van der Waals surface area contributed by atoms with E-state index in [1.807, 2.05) is 12.3 Å². The minimum Gasteiger partial charge on any atom is -0.354 e. The van der Waals surface area contributed by atoms with E-state index in [0.717, 1.165) is 57.5 Å². The highest BCUT2D eigenvalue weighted by atomic mass is 16.5. The van der Waals surface area contributed by atoms with E-state index in [-0.39, 0.29) is 0 Å². The van der Waals surface area contributed by atoms with E-state index in [0.29, 0.717) is 18.4 Å². The van der Waals surface area contributed by atoms with Crippen LogP contribution in [0.3, 0.4) is 0 Å². The van der Waals surface area contributed by atoms with Crippen LogP contribution in [0.5, 0.6) is 0 Å². The Labute approximate surface area is 160 Å². The predicted octanol–water partition coefficient (Wildman–Crippen LogP) is 0.958. The van der Waals surface area contributed by atoms with Crippen LogP contribution >= 0.6 is 0 Å². The van der Waals surface area contributed by atoms with Crippen LogP contribution in [0.15, 0.2) is 28.9 Å². The minimum absolute atomic E-state index is 0.306. The highest BCUT2D eigenvalue weighted by molar-refractivity contribution is 5.38. The molecule has 2 aromatic rings. The molecule has 2 saturated heterocycles. The molecule has 27 heavy (non-hydrogen) atoms. The molecule has 0 aromatic carbocycles. The fourth-order valence-electron chi connectivity index (χ4n) is 4.15. The summed E-state index contributed by atoms with van der Waals surface area (Å²) in [6.07, 6.45) is 4.41. The SMILES string of the molecule is NCc1nc(CN2CCCC(CN3CCN(c4ccccn4)CC3)C2)no1. The molecule has 2 aromatic heterocycles. The van der Waals surface area contributed by atoms with Crippen LogP contribution in [-0.4, -0.2) is 70.7 Å². The Morgan fingerprint density at radius 2 is 2.00 bits per heavy atom. The molecule has 0 amide bonds. The van der Waals surface area contributed by atoms with Gasteiger partial charge in [0.25, 0.3) is 0 Å². The van der Waals surface area contributed by atoms with Crippen molar-refractivity contribution in [1.29, 1.82) is 0 Å². The number of hydrogen-bond acceptors (Lipinski definition) is 8. The van der Waals surface area contributed by atoms with Crippen LogP contribution in [0, 0.1) is 5.92 Å². The van der Waals surface area contributed by atoms with Crippen molar-refractivity contribution in [2.24, 2.45) is 11.7 Å². The number of piperazine rings is 1. The van der Waals surface area contributed by atoms with Gasteiger partial charge in [0, 0.05) is 45.5 Å². The summed E-state index contributed by atoms with van der Waals surface area (Å²) in [5.74, 6) is 3.07. The lowest BCUT2D eigenvalue weighted by Gasteiger charge is -2.39. The normalized spacial score (nSPS) is 22.3. The van der Waals surface area contributed by atoms with Crippen molar-refractivity contribution in [3.05, 3.63) is 36.1 Å². The van der Waals surface area contributed by atoms with Gasteiger partial charge in [0.05, 0.1) is 13.1 Å². The van der Waals surface area contributed by atoms with Gasteiger partial charge in [0.1, 0.15) is 5.82 Å². The lowest BCUT2D eigenvalue weighted by Crippen LogP contribution is -2.49. The summed E-state index contributed by atoms with van der Waals surface area (Å²) in [4.78, 5) is 16.2. The molecule has 8 nitrogen and oxygen atoms in total. The first-order valence-corrected chi connectivity index (χ1v) is 9.92. The zero-order valence-electron chi connectivity index (χ0n) is 15.8. The molecule has 0 aliphatic carbocycles. The van der Waals surface area contributed by atoms with E-state index in [2.05, 4.69) is 42.0 Å². The number of nitrogens with two attached hydrogens (primary N) is 1. The molecule has 0 radical (unpaired) electrons. The molecule has 0 saturated carbocycles. The number of rotatable bonds is 6. The molecule has 1 atom stereocenters. The maximum Gasteiger partial charge on any atom is 0.240 e. The third-order valence-electron chi connectivity index (χ3n) is 5.51. The summed E-state index contributed by atoms with van der Waals surface area (Å²) in [5.41, 5.74) is 5.55. The molecule has 0 spiro atoms. The van der Waals surface area contributed by atoms with Gasteiger partial charge in [-0.05, 0) is 37.4 Å². The van der Waals surface area contributed by atoms with E-state index in [1.54, 1.807) is 0 Å². The second-order valence-electron chi connectivity index (χ2n) is 7.53. The molecule has 2 aliphatic heterocycles. The molecular formula is C19H29N7O. The van der Waals surface area contributed by atoms with Crippen molar-refractivity contribution in [2.75, 3.05) is 50.7 Å². The molecule has 0 bridgehead atoms. The summed E-state index contributed by atoms with van der Waals surface area (Å²) < 4.78 is 5.12. The number of likely N-dealkylation sites (tertiary alicyclic amines) is 1. The Morgan fingerprint density at radius 1 is 1.11 bits per heavy atom. The Kier molecular flexibility index (Phi) is 5.96. The van der Waals surface area contributed by atoms with Gasteiger partial charge < -0.3 is 15.2 Å². The highest BCUT2D eigenvalue weighted by Crippen LogP contribution is 2.20. The molecule has 2 fully saturated rings. The van der Waals surface area contributed by atoms with Crippen LogP contribution in [0.25, 0.3) is 0 Å². The zero-order chi connectivity index (χ0) is 18.5. The smallest absolute Gasteiger partial charge is 0.240 e. The van der Waals surface area contributed by atoms with E-state index < -0.39 is 0 Å². The second-order valence-corrected chi connectivity index (χ2v) is 7.53. The van der Waals surface area contributed by atoms with Crippen LogP contribution < -0.4 is 10.6 Å². The Hall–Kier alpha value is -2.03. The maximum atomic E-state index is 5.55. The molecule has 1 unspecified atom stereocenters. The van der Waals surface area contributed by atoms with Gasteiger partial charge in [-0.1, -0.05) is 11.2 Å². The topological polar surface area (TPSA) is 87.5 Å². The maximum absolute atomic E-state index is 5.55. The molecule has 2 aliphatic rings. The number of anilines is 1. The Morgan fingerprint density at radius 3 is 2.74 bits per heavy atom. The van der Waals surface area contributed by atoms with Crippen molar-refractivity contribution in [3.63, 3.8) is 0 Å². The number of aromatic nitrogens is 3. The number of hydrogen-bond donors (Lipinski definition) is 1. The lowest BCUT2D eigenvalue weighted by molar-refractivity contribution is 0.122. The summed E-state index contributed by atoms with van der Waals surface area (Å²) in [5, 5.41) is 4.03. The predicted molar refractivity (Wildman–Crippen MR) is 103 cm³/mol. The van der Waals surface area contributed by atoms with Gasteiger partial charge in [-0.2, -0.15) is 4.98 Å². The van der Waals surface area contributed by atoms with Gasteiger partial charge in [-0.15, -0.1) is 0 Å². The fraction of sp³-hybridized carbons (Fsp3) is 0.632. The average molecular weight is 371 g/mol. The molecule has 4 heterocycles. The molecule has 4 rings (SSSR count). The molecular weight excluding hydrogens is 342 g/mol. The van der Waals surface area contributed by atoms with Crippen molar-refractivity contribution in [1.82, 2.24) is 24.9 Å².